The first-order chi connectivity index (χ1) is 9.60. The number of nitrogens with zero attached hydrogens (tertiary/aromatic N) is 1. The lowest BCUT2D eigenvalue weighted by molar-refractivity contribution is -0.131. The van der Waals surface area contributed by atoms with Gasteiger partial charge in [-0.1, -0.05) is 13.8 Å². The number of carbonyl (C=O) groups is 1. The van der Waals surface area contributed by atoms with Crippen molar-refractivity contribution in [1.82, 2.24) is 10.3 Å². The number of hydrogen-bond donors (Lipinski definition) is 2. The zero-order valence-electron chi connectivity index (χ0n) is 12.9. The molecule has 0 bridgehead atoms. The topological polar surface area (TPSA) is 77.2 Å². The molecule has 2 rings (SSSR count). The fraction of sp³-hybridized carbons (Fsp3) is 0.714. The molecule has 128 valence electrons. The normalized spacial score (nSPS) is 20.4. The summed E-state index contributed by atoms with van der Waals surface area (Å²) < 4.78 is 5.56. The predicted molar refractivity (Wildman–Crippen MR) is 94.4 cm³/mol. The Hall–Kier alpha value is -0.400. The average molecular weight is 370 g/mol. The van der Waals surface area contributed by atoms with E-state index in [1.165, 1.54) is 0 Å². The van der Waals surface area contributed by atoms with E-state index in [0.717, 1.165) is 30.0 Å². The molecule has 1 aliphatic heterocycles. The molecule has 5 nitrogen and oxygen atoms in total. The van der Waals surface area contributed by atoms with Gasteiger partial charge >= 0.3 is 0 Å². The zero-order chi connectivity index (χ0) is 14.5. The van der Waals surface area contributed by atoms with Crippen LogP contribution in [0.2, 0.25) is 0 Å². The number of halogens is 2. The smallest absolute Gasteiger partial charge is 0.249 e. The average Bonchev–Trinajstić information content (AvgIpc) is 3.07. The molecule has 2 heterocycles. The maximum atomic E-state index is 11.9. The van der Waals surface area contributed by atoms with Crippen molar-refractivity contribution < 1.29 is 9.53 Å². The van der Waals surface area contributed by atoms with Crippen molar-refractivity contribution in [2.24, 2.45) is 5.73 Å². The highest BCUT2D eigenvalue weighted by molar-refractivity contribution is 7.09. The van der Waals surface area contributed by atoms with Crippen LogP contribution in [0.25, 0.3) is 0 Å². The van der Waals surface area contributed by atoms with Gasteiger partial charge in [0.05, 0.1) is 16.8 Å². The largest absolute Gasteiger partial charge is 0.364 e. The number of thiazole rings is 1. The van der Waals surface area contributed by atoms with E-state index in [2.05, 4.69) is 29.5 Å². The fourth-order valence-electron chi connectivity index (χ4n) is 2.20. The summed E-state index contributed by atoms with van der Waals surface area (Å²) in [7, 11) is 0. The first-order valence-corrected chi connectivity index (χ1v) is 8.05. The second-order valence-electron chi connectivity index (χ2n) is 5.43. The molecule has 0 saturated carbocycles. The Morgan fingerprint density at radius 1 is 1.50 bits per heavy atom. The van der Waals surface area contributed by atoms with Crippen molar-refractivity contribution in [2.75, 3.05) is 13.1 Å². The fourth-order valence-corrected chi connectivity index (χ4v) is 3.07. The summed E-state index contributed by atoms with van der Waals surface area (Å²) in [5, 5.41) is 6.13. The van der Waals surface area contributed by atoms with E-state index in [1.54, 1.807) is 11.3 Å². The molecule has 3 N–H and O–H groups in total. The molecular formula is C14H25Cl2N3O2S. The Morgan fingerprint density at radius 3 is 2.77 bits per heavy atom. The zero-order valence-corrected chi connectivity index (χ0v) is 15.4. The van der Waals surface area contributed by atoms with Gasteiger partial charge in [-0.15, -0.1) is 36.2 Å². The molecule has 0 unspecified atom stereocenters. The second kappa shape index (κ2) is 10.4. The van der Waals surface area contributed by atoms with Crippen LogP contribution in [0.4, 0.5) is 0 Å². The number of amides is 1. The number of rotatable bonds is 6. The van der Waals surface area contributed by atoms with Crippen molar-refractivity contribution in [3.8, 4) is 0 Å². The molecule has 1 aromatic rings. The number of hydrogen-bond acceptors (Lipinski definition) is 5. The van der Waals surface area contributed by atoms with Gasteiger partial charge in [-0.05, 0) is 12.8 Å². The number of ether oxygens (including phenoxy) is 1. The number of carbonyl (C=O) groups excluding carboxylic acids is 1. The van der Waals surface area contributed by atoms with E-state index in [0.29, 0.717) is 19.0 Å². The third-order valence-electron chi connectivity index (χ3n) is 3.41. The minimum Gasteiger partial charge on any atom is -0.364 e. The van der Waals surface area contributed by atoms with Gasteiger partial charge in [-0.2, -0.15) is 0 Å². The Morgan fingerprint density at radius 2 is 2.23 bits per heavy atom. The van der Waals surface area contributed by atoms with E-state index in [4.69, 9.17) is 10.5 Å². The van der Waals surface area contributed by atoms with Crippen molar-refractivity contribution >= 4 is 42.1 Å². The second-order valence-corrected chi connectivity index (χ2v) is 6.32. The van der Waals surface area contributed by atoms with Crippen molar-refractivity contribution in [3.63, 3.8) is 0 Å². The van der Waals surface area contributed by atoms with Crippen LogP contribution in [-0.2, 0) is 16.0 Å². The van der Waals surface area contributed by atoms with Crippen LogP contribution in [0.1, 0.15) is 43.3 Å². The van der Waals surface area contributed by atoms with Gasteiger partial charge in [0.2, 0.25) is 5.91 Å². The monoisotopic (exact) mass is 369 g/mol. The minimum absolute atomic E-state index is 0. The van der Waals surface area contributed by atoms with Crippen LogP contribution < -0.4 is 11.1 Å². The van der Waals surface area contributed by atoms with Gasteiger partial charge < -0.3 is 15.8 Å². The first-order valence-electron chi connectivity index (χ1n) is 7.17. The maximum absolute atomic E-state index is 11.9. The SMILES string of the molecule is CC(C)c1nc(CCNC(=O)[C@@H]2CC[C@H](CN)O2)cs1.Cl.Cl. The Balaban J connectivity index is 0.00000220. The standard InChI is InChI=1S/C14H23N3O2S.2ClH/c1-9(2)14-17-10(8-20-14)5-6-16-13(18)12-4-3-11(7-15)19-12;;/h8-9,11-12H,3-7,15H2,1-2H3,(H,16,18);2*1H/t11-,12+;;/m1../s1. The van der Waals surface area contributed by atoms with E-state index in [-0.39, 0.29) is 42.9 Å². The van der Waals surface area contributed by atoms with Gasteiger partial charge in [0, 0.05) is 30.8 Å². The quantitative estimate of drug-likeness (QED) is 0.805. The molecular weight excluding hydrogens is 345 g/mol. The van der Waals surface area contributed by atoms with E-state index < -0.39 is 0 Å². The molecule has 1 fully saturated rings. The highest BCUT2D eigenvalue weighted by atomic mass is 35.5. The molecule has 0 spiro atoms. The van der Waals surface area contributed by atoms with Crippen molar-refractivity contribution in [2.45, 2.75) is 51.2 Å². The highest BCUT2D eigenvalue weighted by Crippen LogP contribution is 2.20. The van der Waals surface area contributed by atoms with E-state index >= 15 is 0 Å². The highest BCUT2D eigenvalue weighted by Gasteiger charge is 2.29. The molecule has 8 heteroatoms. The Labute approximate surface area is 148 Å². The van der Waals surface area contributed by atoms with Crippen LogP contribution in [0.15, 0.2) is 5.38 Å². The Bertz CT molecular complexity index is 457. The van der Waals surface area contributed by atoms with Gasteiger partial charge in [-0.3, -0.25) is 4.79 Å². The number of aromatic nitrogens is 1. The third-order valence-corrected chi connectivity index (χ3v) is 4.60. The lowest BCUT2D eigenvalue weighted by Gasteiger charge is -2.12. The van der Waals surface area contributed by atoms with Crippen LogP contribution in [0.3, 0.4) is 0 Å². The van der Waals surface area contributed by atoms with Crippen LogP contribution in [0.5, 0.6) is 0 Å². The molecule has 0 aromatic carbocycles. The van der Waals surface area contributed by atoms with Crippen LogP contribution in [0, 0.1) is 0 Å². The summed E-state index contributed by atoms with van der Waals surface area (Å²) >= 11 is 1.68. The van der Waals surface area contributed by atoms with Crippen molar-refractivity contribution in [3.05, 3.63) is 16.1 Å². The van der Waals surface area contributed by atoms with Crippen LogP contribution >= 0.6 is 36.2 Å². The van der Waals surface area contributed by atoms with Gasteiger partial charge in [0.15, 0.2) is 0 Å². The lowest BCUT2D eigenvalue weighted by atomic mass is 10.2. The maximum Gasteiger partial charge on any atom is 0.249 e. The Kier molecular flexibility index (Phi) is 10.2. The van der Waals surface area contributed by atoms with Crippen molar-refractivity contribution in [1.29, 1.82) is 0 Å². The predicted octanol–water partition coefficient (Wildman–Crippen LogP) is 2.28. The first kappa shape index (κ1) is 21.6. The number of nitrogens with one attached hydrogen (secondary N) is 1. The summed E-state index contributed by atoms with van der Waals surface area (Å²) in [5.41, 5.74) is 6.58. The molecule has 0 radical (unpaired) electrons. The lowest BCUT2D eigenvalue weighted by Crippen LogP contribution is -2.36. The summed E-state index contributed by atoms with van der Waals surface area (Å²) in [5.74, 6) is 0.434. The molecule has 2 atom stereocenters. The minimum atomic E-state index is -0.329. The molecule has 1 aliphatic rings. The molecule has 1 aromatic heterocycles. The number of nitrogens with two attached hydrogens (primary N) is 1. The summed E-state index contributed by atoms with van der Waals surface area (Å²) in [6.45, 7) is 5.36. The summed E-state index contributed by atoms with van der Waals surface area (Å²) in [6, 6.07) is 0. The van der Waals surface area contributed by atoms with E-state index in [1.807, 2.05) is 0 Å². The van der Waals surface area contributed by atoms with Gasteiger partial charge in [0.25, 0.3) is 0 Å². The third kappa shape index (κ3) is 6.01. The van der Waals surface area contributed by atoms with Gasteiger partial charge in [0.1, 0.15) is 6.10 Å². The van der Waals surface area contributed by atoms with E-state index in [9.17, 15) is 4.79 Å². The molecule has 1 saturated heterocycles. The van der Waals surface area contributed by atoms with Gasteiger partial charge in [-0.25, -0.2) is 4.98 Å². The van der Waals surface area contributed by atoms with Crippen LogP contribution in [-0.4, -0.2) is 36.2 Å². The summed E-state index contributed by atoms with van der Waals surface area (Å²) in [4.78, 5) is 16.5. The summed E-state index contributed by atoms with van der Waals surface area (Å²) in [6.07, 6.45) is 2.12. The molecule has 0 aliphatic carbocycles. The molecule has 1 amide bonds. The molecule has 22 heavy (non-hydrogen) atoms.